The second kappa shape index (κ2) is 4.94. The molecule has 17 heavy (non-hydrogen) atoms. The molecule has 1 aromatic heterocycles. The molecular weight excluding hydrogens is 258 g/mol. The van der Waals surface area contributed by atoms with E-state index in [2.05, 4.69) is 18.8 Å². The van der Waals surface area contributed by atoms with Crippen LogP contribution in [-0.2, 0) is 16.3 Å². The molecular formula is C12H18ClNO2S. The zero-order valence-corrected chi connectivity index (χ0v) is 12.4. The standard InChI is InChI=1S/C12H18ClNO2S/c1-7(2)6-10-8(3)11(17(5,15)16)12(13)14-9(10)4/h7H,6H2,1-5H3. The van der Waals surface area contributed by atoms with Crippen LogP contribution in [0.3, 0.4) is 0 Å². The Labute approximate surface area is 108 Å². The Balaban J connectivity index is 3.55. The summed E-state index contributed by atoms with van der Waals surface area (Å²) in [5.74, 6) is 0.447. The van der Waals surface area contributed by atoms with Gasteiger partial charge in [-0.3, -0.25) is 0 Å². The van der Waals surface area contributed by atoms with Crippen LogP contribution in [0.4, 0.5) is 0 Å². The summed E-state index contributed by atoms with van der Waals surface area (Å²) in [5, 5.41) is 0.0787. The summed E-state index contributed by atoms with van der Waals surface area (Å²) < 4.78 is 23.4. The van der Waals surface area contributed by atoms with E-state index in [1.807, 2.05) is 6.92 Å². The first-order valence-electron chi connectivity index (χ1n) is 5.50. The molecule has 1 rings (SSSR count). The molecule has 0 amide bonds. The maximum atomic E-state index is 11.7. The molecule has 0 N–H and O–H groups in total. The highest BCUT2D eigenvalue weighted by Gasteiger charge is 2.21. The van der Waals surface area contributed by atoms with Gasteiger partial charge in [-0.15, -0.1) is 0 Å². The van der Waals surface area contributed by atoms with E-state index in [1.54, 1.807) is 6.92 Å². The summed E-state index contributed by atoms with van der Waals surface area (Å²) in [6, 6.07) is 0. The van der Waals surface area contributed by atoms with Gasteiger partial charge in [0.05, 0.1) is 0 Å². The summed E-state index contributed by atoms with van der Waals surface area (Å²) in [4.78, 5) is 4.31. The van der Waals surface area contributed by atoms with Crippen molar-refractivity contribution in [2.45, 2.75) is 39.0 Å². The highest BCUT2D eigenvalue weighted by molar-refractivity contribution is 7.90. The lowest BCUT2D eigenvalue weighted by molar-refractivity contribution is 0.598. The molecule has 0 radical (unpaired) electrons. The highest BCUT2D eigenvalue weighted by Crippen LogP contribution is 2.28. The Kier molecular flexibility index (Phi) is 4.20. The van der Waals surface area contributed by atoms with Gasteiger partial charge in [0.25, 0.3) is 0 Å². The van der Waals surface area contributed by atoms with Crippen LogP contribution in [0.2, 0.25) is 5.15 Å². The second-order valence-corrected chi connectivity index (χ2v) is 7.10. The SMILES string of the molecule is Cc1nc(Cl)c(S(C)(=O)=O)c(C)c1CC(C)C. The fourth-order valence-corrected chi connectivity index (χ4v) is 3.69. The monoisotopic (exact) mass is 275 g/mol. The van der Waals surface area contributed by atoms with Crippen molar-refractivity contribution in [1.82, 2.24) is 4.98 Å². The molecule has 0 aliphatic heterocycles. The van der Waals surface area contributed by atoms with Crippen LogP contribution < -0.4 is 0 Å². The number of aryl methyl sites for hydroxylation is 1. The third-order valence-corrected chi connectivity index (χ3v) is 4.29. The number of rotatable bonds is 3. The van der Waals surface area contributed by atoms with Crippen molar-refractivity contribution in [2.24, 2.45) is 5.92 Å². The van der Waals surface area contributed by atoms with Gasteiger partial charge in [0, 0.05) is 11.9 Å². The number of aromatic nitrogens is 1. The summed E-state index contributed by atoms with van der Waals surface area (Å²) in [5.41, 5.74) is 2.54. The van der Waals surface area contributed by atoms with E-state index in [9.17, 15) is 8.42 Å². The molecule has 0 unspecified atom stereocenters. The summed E-state index contributed by atoms with van der Waals surface area (Å²) in [7, 11) is -3.33. The fraction of sp³-hybridized carbons (Fsp3) is 0.583. The van der Waals surface area contributed by atoms with Crippen LogP contribution in [0.5, 0.6) is 0 Å². The lowest BCUT2D eigenvalue weighted by atomic mass is 9.98. The predicted molar refractivity (Wildman–Crippen MR) is 70.4 cm³/mol. The smallest absolute Gasteiger partial charge is 0.178 e. The molecule has 3 nitrogen and oxygen atoms in total. The summed E-state index contributed by atoms with van der Waals surface area (Å²) in [6.07, 6.45) is 1.97. The zero-order chi connectivity index (χ0) is 13.4. The van der Waals surface area contributed by atoms with Gasteiger partial charge < -0.3 is 0 Å². The van der Waals surface area contributed by atoms with Gasteiger partial charge >= 0.3 is 0 Å². The minimum atomic E-state index is -3.33. The first-order chi connectivity index (χ1) is 7.64. The Bertz CT molecular complexity index is 536. The first kappa shape index (κ1) is 14.5. The minimum Gasteiger partial charge on any atom is -0.240 e. The van der Waals surface area contributed by atoms with Crippen LogP contribution in [-0.4, -0.2) is 19.7 Å². The Morgan fingerprint density at radius 3 is 2.24 bits per heavy atom. The number of hydrogen-bond acceptors (Lipinski definition) is 3. The average Bonchev–Trinajstić information content (AvgIpc) is 2.08. The van der Waals surface area contributed by atoms with Crippen molar-refractivity contribution in [3.8, 4) is 0 Å². The molecule has 0 aliphatic rings. The maximum absolute atomic E-state index is 11.7. The van der Waals surface area contributed by atoms with Crippen LogP contribution in [0.1, 0.15) is 30.7 Å². The number of nitrogens with zero attached hydrogens (tertiary/aromatic N) is 1. The normalized spacial score (nSPS) is 12.2. The quantitative estimate of drug-likeness (QED) is 0.797. The van der Waals surface area contributed by atoms with E-state index < -0.39 is 9.84 Å². The van der Waals surface area contributed by atoms with Gasteiger partial charge in [0.15, 0.2) is 9.84 Å². The molecule has 1 aromatic rings. The van der Waals surface area contributed by atoms with Crippen molar-refractivity contribution < 1.29 is 8.42 Å². The molecule has 0 atom stereocenters. The van der Waals surface area contributed by atoms with E-state index >= 15 is 0 Å². The second-order valence-electron chi connectivity index (χ2n) is 4.79. The molecule has 5 heteroatoms. The van der Waals surface area contributed by atoms with Crippen molar-refractivity contribution in [2.75, 3.05) is 6.26 Å². The van der Waals surface area contributed by atoms with E-state index in [0.29, 0.717) is 5.92 Å². The number of hydrogen-bond donors (Lipinski definition) is 0. The van der Waals surface area contributed by atoms with Gasteiger partial charge in [0.1, 0.15) is 10.0 Å². The third-order valence-electron chi connectivity index (χ3n) is 2.67. The van der Waals surface area contributed by atoms with Gasteiger partial charge in [-0.05, 0) is 37.3 Å². The Morgan fingerprint density at radius 1 is 1.29 bits per heavy atom. The Hall–Kier alpha value is -0.610. The average molecular weight is 276 g/mol. The van der Waals surface area contributed by atoms with Crippen molar-refractivity contribution in [1.29, 1.82) is 0 Å². The third kappa shape index (κ3) is 3.19. The molecule has 96 valence electrons. The molecule has 0 saturated carbocycles. The molecule has 0 aromatic carbocycles. The maximum Gasteiger partial charge on any atom is 0.178 e. The van der Waals surface area contributed by atoms with Gasteiger partial charge in [0.2, 0.25) is 0 Å². The number of halogens is 1. The molecule has 1 heterocycles. The largest absolute Gasteiger partial charge is 0.240 e. The molecule has 0 spiro atoms. The topological polar surface area (TPSA) is 47.0 Å². The first-order valence-corrected chi connectivity index (χ1v) is 7.77. The fourth-order valence-electron chi connectivity index (χ4n) is 1.97. The Morgan fingerprint density at radius 2 is 1.82 bits per heavy atom. The van der Waals surface area contributed by atoms with Crippen molar-refractivity contribution in [3.05, 3.63) is 22.0 Å². The van der Waals surface area contributed by atoms with Crippen LogP contribution in [0, 0.1) is 19.8 Å². The number of sulfone groups is 1. The van der Waals surface area contributed by atoms with E-state index in [1.165, 1.54) is 0 Å². The molecule has 0 fully saturated rings. The van der Waals surface area contributed by atoms with E-state index in [-0.39, 0.29) is 10.0 Å². The molecule has 0 bridgehead atoms. The van der Waals surface area contributed by atoms with Gasteiger partial charge in [-0.2, -0.15) is 0 Å². The van der Waals surface area contributed by atoms with Crippen molar-refractivity contribution >= 4 is 21.4 Å². The summed E-state index contributed by atoms with van der Waals surface area (Å²) in [6.45, 7) is 7.85. The number of pyridine rings is 1. The minimum absolute atomic E-state index is 0.0787. The van der Waals surface area contributed by atoms with E-state index in [4.69, 9.17) is 11.6 Å². The van der Waals surface area contributed by atoms with Crippen LogP contribution >= 0.6 is 11.6 Å². The van der Waals surface area contributed by atoms with E-state index in [0.717, 1.165) is 29.5 Å². The molecule has 0 saturated heterocycles. The van der Waals surface area contributed by atoms with Crippen molar-refractivity contribution in [3.63, 3.8) is 0 Å². The zero-order valence-electron chi connectivity index (χ0n) is 10.8. The summed E-state index contributed by atoms with van der Waals surface area (Å²) >= 11 is 5.94. The lowest BCUT2D eigenvalue weighted by Crippen LogP contribution is -2.10. The van der Waals surface area contributed by atoms with Crippen LogP contribution in [0.15, 0.2) is 4.90 Å². The van der Waals surface area contributed by atoms with Gasteiger partial charge in [-0.1, -0.05) is 25.4 Å². The highest BCUT2D eigenvalue weighted by atomic mass is 35.5. The van der Waals surface area contributed by atoms with Crippen LogP contribution in [0.25, 0.3) is 0 Å². The van der Waals surface area contributed by atoms with Gasteiger partial charge in [-0.25, -0.2) is 13.4 Å². The predicted octanol–water partition coefficient (Wildman–Crippen LogP) is 2.95. The molecule has 0 aliphatic carbocycles. The lowest BCUT2D eigenvalue weighted by Gasteiger charge is -2.15.